The van der Waals surface area contributed by atoms with Crippen molar-refractivity contribution in [1.29, 1.82) is 0 Å². The number of unbranched alkanes of at least 4 members (excludes halogenated alkanes) is 1. The SMILES string of the molecule is CCN(CC)CCCCC1OCC(CO)(CO)CO1. The molecule has 0 aromatic heterocycles. The van der Waals surface area contributed by atoms with Gasteiger partial charge < -0.3 is 24.6 Å². The summed E-state index contributed by atoms with van der Waals surface area (Å²) in [5.41, 5.74) is -0.613. The molecular weight excluding hydrogens is 246 g/mol. The minimum atomic E-state index is -0.613. The fourth-order valence-electron chi connectivity index (χ4n) is 2.21. The predicted octanol–water partition coefficient (Wildman–Crippen LogP) is 0.842. The van der Waals surface area contributed by atoms with Crippen LogP contribution in [0.1, 0.15) is 33.1 Å². The molecule has 0 atom stereocenters. The number of hydrogen-bond donors (Lipinski definition) is 2. The zero-order chi connectivity index (χ0) is 14.1. The normalized spacial score (nSPS) is 20.1. The van der Waals surface area contributed by atoms with Crippen molar-refractivity contribution in [2.75, 3.05) is 46.1 Å². The van der Waals surface area contributed by atoms with Gasteiger partial charge in [-0.25, -0.2) is 0 Å². The van der Waals surface area contributed by atoms with Crippen molar-refractivity contribution in [3.05, 3.63) is 0 Å². The van der Waals surface area contributed by atoms with Gasteiger partial charge in [-0.2, -0.15) is 0 Å². The first-order valence-corrected chi connectivity index (χ1v) is 7.37. The van der Waals surface area contributed by atoms with Gasteiger partial charge >= 0.3 is 0 Å². The molecule has 5 nitrogen and oxygen atoms in total. The Morgan fingerprint density at radius 1 is 1.05 bits per heavy atom. The van der Waals surface area contributed by atoms with E-state index in [0.29, 0.717) is 13.2 Å². The quantitative estimate of drug-likeness (QED) is 0.611. The topological polar surface area (TPSA) is 62.2 Å². The molecule has 0 saturated carbocycles. The molecule has 2 N–H and O–H groups in total. The minimum absolute atomic E-state index is 0.0990. The van der Waals surface area contributed by atoms with E-state index in [4.69, 9.17) is 9.47 Å². The molecule has 1 aliphatic heterocycles. The Kier molecular flexibility index (Phi) is 7.87. The average molecular weight is 275 g/mol. The van der Waals surface area contributed by atoms with Gasteiger partial charge in [0.2, 0.25) is 0 Å². The zero-order valence-corrected chi connectivity index (χ0v) is 12.3. The van der Waals surface area contributed by atoms with E-state index in [1.807, 2.05) is 0 Å². The van der Waals surface area contributed by atoms with Crippen LogP contribution < -0.4 is 0 Å². The van der Waals surface area contributed by atoms with Gasteiger partial charge in [-0.15, -0.1) is 0 Å². The van der Waals surface area contributed by atoms with Crippen molar-refractivity contribution in [2.24, 2.45) is 5.41 Å². The second-order valence-corrected chi connectivity index (χ2v) is 5.39. The van der Waals surface area contributed by atoms with E-state index >= 15 is 0 Å². The first-order chi connectivity index (χ1) is 9.19. The molecule has 1 fully saturated rings. The Bertz CT molecular complexity index is 219. The summed E-state index contributed by atoms with van der Waals surface area (Å²) in [5, 5.41) is 18.5. The molecule has 1 rings (SSSR count). The number of aliphatic hydroxyl groups is 2. The second-order valence-electron chi connectivity index (χ2n) is 5.39. The third-order valence-electron chi connectivity index (χ3n) is 3.88. The third-order valence-corrected chi connectivity index (χ3v) is 3.88. The molecule has 1 heterocycles. The van der Waals surface area contributed by atoms with Crippen molar-refractivity contribution in [1.82, 2.24) is 4.90 Å². The summed E-state index contributed by atoms with van der Waals surface area (Å²) in [6.45, 7) is 8.24. The lowest BCUT2D eigenvalue weighted by Gasteiger charge is -2.37. The smallest absolute Gasteiger partial charge is 0.157 e. The molecule has 0 amide bonds. The van der Waals surface area contributed by atoms with Crippen molar-refractivity contribution in [2.45, 2.75) is 39.4 Å². The van der Waals surface area contributed by atoms with Gasteiger partial charge in [-0.1, -0.05) is 13.8 Å². The predicted molar refractivity (Wildman–Crippen MR) is 73.9 cm³/mol. The molecule has 0 aromatic carbocycles. The first kappa shape index (κ1) is 16.9. The maximum Gasteiger partial charge on any atom is 0.157 e. The van der Waals surface area contributed by atoms with Crippen LogP contribution in [0.25, 0.3) is 0 Å². The molecular formula is C14H29NO4. The molecule has 1 saturated heterocycles. The van der Waals surface area contributed by atoms with E-state index in [0.717, 1.165) is 38.9 Å². The van der Waals surface area contributed by atoms with E-state index in [1.54, 1.807) is 0 Å². The lowest BCUT2D eigenvalue weighted by atomic mass is 9.92. The Hall–Kier alpha value is -0.200. The molecule has 5 heteroatoms. The Morgan fingerprint density at radius 3 is 2.11 bits per heavy atom. The van der Waals surface area contributed by atoms with E-state index in [2.05, 4.69) is 18.7 Å². The van der Waals surface area contributed by atoms with E-state index in [9.17, 15) is 10.2 Å². The van der Waals surface area contributed by atoms with Crippen LogP contribution in [0.5, 0.6) is 0 Å². The van der Waals surface area contributed by atoms with Gasteiger partial charge in [0.15, 0.2) is 6.29 Å². The summed E-state index contributed by atoms with van der Waals surface area (Å²) >= 11 is 0. The third kappa shape index (κ3) is 5.36. The summed E-state index contributed by atoms with van der Waals surface area (Å²) in [4.78, 5) is 2.41. The lowest BCUT2D eigenvalue weighted by molar-refractivity contribution is -0.245. The van der Waals surface area contributed by atoms with Crippen LogP contribution in [-0.4, -0.2) is 67.5 Å². The lowest BCUT2D eigenvalue weighted by Crippen LogP contribution is -2.46. The highest BCUT2D eigenvalue weighted by atomic mass is 16.7. The van der Waals surface area contributed by atoms with Crippen LogP contribution in [0.2, 0.25) is 0 Å². The van der Waals surface area contributed by atoms with Gasteiger partial charge in [0, 0.05) is 0 Å². The van der Waals surface area contributed by atoms with Gasteiger partial charge in [0.1, 0.15) is 0 Å². The summed E-state index contributed by atoms with van der Waals surface area (Å²) in [5.74, 6) is 0. The molecule has 0 spiro atoms. The largest absolute Gasteiger partial charge is 0.396 e. The fourth-order valence-corrected chi connectivity index (χ4v) is 2.21. The first-order valence-electron chi connectivity index (χ1n) is 7.37. The monoisotopic (exact) mass is 275 g/mol. The van der Waals surface area contributed by atoms with Gasteiger partial charge in [-0.3, -0.25) is 0 Å². The van der Waals surface area contributed by atoms with Crippen molar-refractivity contribution < 1.29 is 19.7 Å². The van der Waals surface area contributed by atoms with Crippen LogP contribution in [0.4, 0.5) is 0 Å². The number of rotatable bonds is 9. The molecule has 0 radical (unpaired) electrons. The zero-order valence-electron chi connectivity index (χ0n) is 12.3. The van der Waals surface area contributed by atoms with Crippen molar-refractivity contribution in [3.63, 3.8) is 0 Å². The summed E-state index contributed by atoms with van der Waals surface area (Å²) in [7, 11) is 0. The maximum absolute atomic E-state index is 9.23. The highest BCUT2D eigenvalue weighted by molar-refractivity contribution is 4.80. The molecule has 0 aromatic rings. The minimum Gasteiger partial charge on any atom is -0.396 e. The molecule has 0 aliphatic carbocycles. The molecule has 0 bridgehead atoms. The average Bonchev–Trinajstić information content (AvgIpc) is 2.48. The molecule has 114 valence electrons. The van der Waals surface area contributed by atoms with Gasteiger partial charge in [0.25, 0.3) is 0 Å². The van der Waals surface area contributed by atoms with Crippen LogP contribution in [0.3, 0.4) is 0 Å². The van der Waals surface area contributed by atoms with Crippen LogP contribution >= 0.6 is 0 Å². The van der Waals surface area contributed by atoms with Crippen LogP contribution in [0.15, 0.2) is 0 Å². The van der Waals surface area contributed by atoms with Gasteiger partial charge in [0.05, 0.1) is 31.8 Å². The van der Waals surface area contributed by atoms with Crippen LogP contribution in [-0.2, 0) is 9.47 Å². The molecule has 19 heavy (non-hydrogen) atoms. The summed E-state index contributed by atoms with van der Waals surface area (Å²) in [6.07, 6.45) is 2.93. The maximum atomic E-state index is 9.23. The van der Waals surface area contributed by atoms with Crippen molar-refractivity contribution in [3.8, 4) is 0 Å². The van der Waals surface area contributed by atoms with E-state index in [-0.39, 0.29) is 19.5 Å². The Labute approximate surface area is 116 Å². The molecule has 1 aliphatic rings. The number of aliphatic hydroxyl groups excluding tert-OH is 2. The standard InChI is InChI=1S/C14H29NO4/c1-3-15(4-2)8-6-5-7-13-18-11-14(9-16,10-17)12-19-13/h13,16-17H,3-12H2,1-2H3. The van der Waals surface area contributed by atoms with Gasteiger partial charge in [-0.05, 0) is 38.9 Å². The highest BCUT2D eigenvalue weighted by Crippen LogP contribution is 2.25. The summed E-state index contributed by atoms with van der Waals surface area (Å²) in [6, 6.07) is 0. The number of ether oxygens (including phenoxy) is 2. The number of hydrogen-bond acceptors (Lipinski definition) is 5. The van der Waals surface area contributed by atoms with E-state index < -0.39 is 5.41 Å². The fraction of sp³-hybridized carbons (Fsp3) is 1.00. The second kappa shape index (κ2) is 8.87. The van der Waals surface area contributed by atoms with Crippen LogP contribution in [0, 0.1) is 5.41 Å². The molecule has 0 unspecified atom stereocenters. The highest BCUT2D eigenvalue weighted by Gasteiger charge is 2.35. The van der Waals surface area contributed by atoms with E-state index in [1.165, 1.54) is 0 Å². The van der Waals surface area contributed by atoms with Crippen molar-refractivity contribution >= 4 is 0 Å². The Balaban J connectivity index is 2.13. The number of nitrogens with zero attached hydrogens (tertiary/aromatic N) is 1. The Morgan fingerprint density at radius 2 is 1.63 bits per heavy atom. The summed E-state index contributed by atoms with van der Waals surface area (Å²) < 4.78 is 11.2.